The van der Waals surface area contributed by atoms with E-state index in [0.29, 0.717) is 13.0 Å². The maximum Gasteiger partial charge on any atom is 0.227 e. The zero-order valence-electron chi connectivity index (χ0n) is 10.1. The first-order chi connectivity index (χ1) is 7.76. The average molecular weight is 255 g/mol. The Morgan fingerprint density at radius 2 is 2.12 bits per heavy atom. The van der Waals surface area contributed by atoms with E-state index < -0.39 is 0 Å². The lowest BCUT2D eigenvalue weighted by Gasteiger charge is -2.29. The summed E-state index contributed by atoms with van der Waals surface area (Å²) in [6, 6.07) is 6.18. The molecule has 1 heterocycles. The van der Waals surface area contributed by atoms with Crippen molar-refractivity contribution in [2.75, 3.05) is 11.4 Å². The normalized spacial score (nSPS) is 14.2. The highest BCUT2D eigenvalue weighted by molar-refractivity contribution is 5.96. The van der Waals surface area contributed by atoms with Crippen LogP contribution < -0.4 is 10.6 Å². The quantitative estimate of drug-likeness (QED) is 0.899. The summed E-state index contributed by atoms with van der Waals surface area (Å²) in [6.45, 7) is 3.47. The Labute approximate surface area is 108 Å². The van der Waals surface area contributed by atoms with Gasteiger partial charge in [0.15, 0.2) is 0 Å². The van der Waals surface area contributed by atoms with E-state index in [4.69, 9.17) is 5.73 Å². The van der Waals surface area contributed by atoms with Crippen molar-refractivity contribution < 1.29 is 4.79 Å². The highest BCUT2D eigenvalue weighted by Crippen LogP contribution is 2.28. The molecule has 0 aliphatic carbocycles. The molecule has 0 fully saturated rings. The summed E-state index contributed by atoms with van der Waals surface area (Å²) in [5.74, 6) is 0.245. The molecule has 94 valence electrons. The van der Waals surface area contributed by atoms with Gasteiger partial charge in [-0.1, -0.05) is 19.1 Å². The number of halogens is 1. The fraction of sp³-hybridized carbons (Fsp3) is 0.462. The fourth-order valence-corrected chi connectivity index (χ4v) is 2.21. The number of nitrogens with zero attached hydrogens (tertiary/aromatic N) is 1. The van der Waals surface area contributed by atoms with Gasteiger partial charge in [0.25, 0.3) is 0 Å². The number of hydrogen-bond acceptors (Lipinski definition) is 2. The molecule has 0 saturated carbocycles. The predicted molar refractivity (Wildman–Crippen MR) is 72.5 cm³/mol. The van der Waals surface area contributed by atoms with E-state index in [2.05, 4.69) is 13.0 Å². The van der Waals surface area contributed by atoms with Crippen LogP contribution >= 0.6 is 12.4 Å². The lowest BCUT2D eigenvalue weighted by atomic mass is 9.98. The van der Waals surface area contributed by atoms with E-state index >= 15 is 0 Å². The van der Waals surface area contributed by atoms with Gasteiger partial charge in [-0.05, 0) is 30.0 Å². The minimum Gasteiger partial charge on any atom is -0.326 e. The van der Waals surface area contributed by atoms with Gasteiger partial charge < -0.3 is 10.6 Å². The van der Waals surface area contributed by atoms with Gasteiger partial charge in [-0.2, -0.15) is 0 Å². The van der Waals surface area contributed by atoms with Crippen molar-refractivity contribution in [2.24, 2.45) is 5.73 Å². The standard InChI is InChI=1S/C13H18N2O.ClH/c1-2-7-15-12-5-3-10(9-14)8-11(12)4-6-13(15)16;/h3,5,8H,2,4,6-7,9,14H2,1H3;1H. The molecule has 1 amide bonds. The molecule has 0 unspecified atom stereocenters. The Bertz CT molecular complexity index is 406. The molecule has 2 rings (SSSR count). The van der Waals surface area contributed by atoms with Crippen LogP contribution in [0.2, 0.25) is 0 Å². The zero-order chi connectivity index (χ0) is 11.5. The summed E-state index contributed by atoms with van der Waals surface area (Å²) in [5.41, 5.74) is 9.11. The third kappa shape index (κ3) is 2.79. The van der Waals surface area contributed by atoms with Gasteiger partial charge in [-0.25, -0.2) is 0 Å². The van der Waals surface area contributed by atoms with E-state index in [9.17, 15) is 4.79 Å². The van der Waals surface area contributed by atoms with Crippen molar-refractivity contribution in [3.8, 4) is 0 Å². The molecule has 17 heavy (non-hydrogen) atoms. The highest BCUT2D eigenvalue weighted by atomic mass is 35.5. The molecule has 0 atom stereocenters. The third-order valence-electron chi connectivity index (χ3n) is 3.03. The van der Waals surface area contributed by atoms with Crippen LogP contribution in [0.5, 0.6) is 0 Å². The van der Waals surface area contributed by atoms with Gasteiger partial charge in [0, 0.05) is 25.2 Å². The minimum atomic E-state index is 0. The third-order valence-corrected chi connectivity index (χ3v) is 3.03. The molecule has 2 N–H and O–H groups in total. The lowest BCUT2D eigenvalue weighted by molar-refractivity contribution is -0.118. The van der Waals surface area contributed by atoms with Crippen molar-refractivity contribution in [1.29, 1.82) is 0 Å². The van der Waals surface area contributed by atoms with E-state index in [1.165, 1.54) is 5.56 Å². The van der Waals surface area contributed by atoms with Crippen LogP contribution in [0.1, 0.15) is 30.9 Å². The summed E-state index contributed by atoms with van der Waals surface area (Å²) >= 11 is 0. The second-order valence-corrected chi connectivity index (χ2v) is 4.21. The number of hydrogen-bond donors (Lipinski definition) is 1. The number of aryl methyl sites for hydroxylation is 1. The van der Waals surface area contributed by atoms with E-state index in [1.807, 2.05) is 17.0 Å². The van der Waals surface area contributed by atoms with Crippen LogP contribution in [0, 0.1) is 0 Å². The molecule has 0 aromatic heterocycles. The Kier molecular flexibility index (Phi) is 4.97. The number of amides is 1. The number of benzene rings is 1. The van der Waals surface area contributed by atoms with Gasteiger partial charge in [-0.15, -0.1) is 12.4 Å². The SMILES string of the molecule is CCCN1C(=O)CCc2cc(CN)ccc21.Cl. The molecule has 0 bridgehead atoms. The fourth-order valence-electron chi connectivity index (χ4n) is 2.21. The maximum absolute atomic E-state index is 11.8. The molecule has 0 radical (unpaired) electrons. The topological polar surface area (TPSA) is 46.3 Å². The summed E-state index contributed by atoms with van der Waals surface area (Å²) in [7, 11) is 0. The van der Waals surface area contributed by atoms with Crippen LogP contribution in [0.15, 0.2) is 18.2 Å². The van der Waals surface area contributed by atoms with Gasteiger partial charge in [0.1, 0.15) is 0 Å². The molecule has 1 aliphatic heterocycles. The van der Waals surface area contributed by atoms with Crippen LogP contribution in [0.25, 0.3) is 0 Å². The predicted octanol–water partition coefficient (Wildman–Crippen LogP) is 2.26. The second-order valence-electron chi connectivity index (χ2n) is 4.21. The smallest absolute Gasteiger partial charge is 0.227 e. The average Bonchev–Trinajstić information content (AvgIpc) is 2.32. The summed E-state index contributed by atoms with van der Waals surface area (Å²) in [4.78, 5) is 13.7. The van der Waals surface area contributed by atoms with Crippen molar-refractivity contribution >= 4 is 24.0 Å². The lowest BCUT2D eigenvalue weighted by Crippen LogP contribution is -2.35. The second kappa shape index (κ2) is 6.03. The van der Waals surface area contributed by atoms with Crippen LogP contribution in [0.3, 0.4) is 0 Å². The van der Waals surface area contributed by atoms with Gasteiger partial charge in [0.05, 0.1) is 0 Å². The van der Waals surface area contributed by atoms with Gasteiger partial charge >= 0.3 is 0 Å². The largest absolute Gasteiger partial charge is 0.326 e. The molecule has 3 nitrogen and oxygen atoms in total. The number of rotatable bonds is 3. The Hall–Kier alpha value is -1.06. The molecular weight excluding hydrogens is 236 g/mol. The molecule has 1 aromatic rings. The Morgan fingerprint density at radius 1 is 1.35 bits per heavy atom. The Morgan fingerprint density at radius 3 is 2.76 bits per heavy atom. The summed E-state index contributed by atoms with van der Waals surface area (Å²) in [6.07, 6.45) is 2.47. The molecule has 1 aliphatic rings. The summed E-state index contributed by atoms with van der Waals surface area (Å²) < 4.78 is 0. The van der Waals surface area contributed by atoms with E-state index in [1.54, 1.807) is 0 Å². The maximum atomic E-state index is 11.8. The first-order valence-electron chi connectivity index (χ1n) is 5.88. The highest BCUT2D eigenvalue weighted by Gasteiger charge is 2.23. The van der Waals surface area contributed by atoms with Crippen molar-refractivity contribution in [3.63, 3.8) is 0 Å². The minimum absolute atomic E-state index is 0. The Balaban J connectivity index is 0.00000144. The van der Waals surface area contributed by atoms with Crippen LogP contribution in [-0.2, 0) is 17.8 Å². The monoisotopic (exact) mass is 254 g/mol. The van der Waals surface area contributed by atoms with E-state index in [-0.39, 0.29) is 18.3 Å². The molecule has 0 saturated heterocycles. The molecule has 4 heteroatoms. The van der Waals surface area contributed by atoms with Crippen LogP contribution in [0.4, 0.5) is 5.69 Å². The molecule has 1 aromatic carbocycles. The van der Waals surface area contributed by atoms with Crippen molar-refractivity contribution in [2.45, 2.75) is 32.7 Å². The van der Waals surface area contributed by atoms with Gasteiger partial charge in [-0.3, -0.25) is 4.79 Å². The first-order valence-corrected chi connectivity index (χ1v) is 5.88. The van der Waals surface area contributed by atoms with E-state index in [0.717, 1.165) is 30.6 Å². The molecular formula is C13H19ClN2O. The number of carbonyl (C=O) groups excluding carboxylic acids is 1. The number of carbonyl (C=O) groups is 1. The number of fused-ring (bicyclic) bond motifs is 1. The summed E-state index contributed by atoms with van der Waals surface area (Å²) in [5, 5.41) is 0. The number of nitrogens with two attached hydrogens (primary N) is 1. The van der Waals surface area contributed by atoms with Crippen molar-refractivity contribution in [3.05, 3.63) is 29.3 Å². The van der Waals surface area contributed by atoms with Crippen LogP contribution in [-0.4, -0.2) is 12.5 Å². The van der Waals surface area contributed by atoms with Crippen molar-refractivity contribution in [1.82, 2.24) is 0 Å². The molecule has 0 spiro atoms. The van der Waals surface area contributed by atoms with Gasteiger partial charge in [0.2, 0.25) is 5.91 Å². The number of anilines is 1. The first kappa shape index (κ1) is 14.0. The zero-order valence-corrected chi connectivity index (χ0v) is 10.9.